The van der Waals surface area contributed by atoms with Crippen molar-refractivity contribution < 1.29 is 9.84 Å². The summed E-state index contributed by atoms with van der Waals surface area (Å²) in [5.41, 5.74) is 1.02. The van der Waals surface area contributed by atoms with Crippen molar-refractivity contribution in [1.29, 1.82) is 0 Å². The Kier molecular flexibility index (Phi) is 3.69. The number of benzene rings is 1. The van der Waals surface area contributed by atoms with Crippen molar-refractivity contribution in [3.63, 3.8) is 0 Å². The summed E-state index contributed by atoms with van der Waals surface area (Å²) < 4.78 is 6.01. The van der Waals surface area contributed by atoms with Crippen molar-refractivity contribution in [2.24, 2.45) is 0 Å². The zero-order valence-corrected chi connectivity index (χ0v) is 10.6. The smallest absolute Gasteiger partial charge is 0.122 e. The van der Waals surface area contributed by atoms with Crippen LogP contribution in [0.4, 0.5) is 0 Å². The van der Waals surface area contributed by atoms with Crippen molar-refractivity contribution >= 4 is 0 Å². The van der Waals surface area contributed by atoms with Crippen molar-refractivity contribution in [3.05, 3.63) is 29.8 Å². The first kappa shape index (κ1) is 12.4. The van der Waals surface area contributed by atoms with Crippen molar-refractivity contribution in [3.8, 4) is 5.75 Å². The average molecular weight is 235 g/mol. The number of aliphatic hydroxyl groups is 1. The molecule has 94 valence electrons. The van der Waals surface area contributed by atoms with Crippen LogP contribution < -0.4 is 10.1 Å². The number of rotatable bonds is 4. The molecule has 0 saturated heterocycles. The molecule has 1 aromatic rings. The average Bonchev–Trinajstić information content (AvgIpc) is 2.76. The minimum Gasteiger partial charge on any atom is -0.490 e. The fraction of sp³-hybridized carbons (Fsp3) is 0.571. The minimum absolute atomic E-state index is 0.145. The van der Waals surface area contributed by atoms with E-state index in [0.29, 0.717) is 0 Å². The van der Waals surface area contributed by atoms with Crippen LogP contribution in [0.15, 0.2) is 24.3 Å². The minimum atomic E-state index is -0.145. The molecule has 0 aliphatic heterocycles. The Morgan fingerprint density at radius 1 is 1.47 bits per heavy atom. The Bertz CT molecular complexity index is 374. The van der Waals surface area contributed by atoms with Gasteiger partial charge < -0.3 is 15.2 Å². The number of aliphatic hydroxyl groups excluding tert-OH is 1. The summed E-state index contributed by atoms with van der Waals surface area (Å²) in [6, 6.07) is 8.08. The molecule has 0 spiro atoms. The molecule has 0 amide bonds. The lowest BCUT2D eigenvalue weighted by molar-refractivity contribution is 0.146. The predicted molar refractivity (Wildman–Crippen MR) is 68.3 cm³/mol. The maximum Gasteiger partial charge on any atom is 0.122 e. The van der Waals surface area contributed by atoms with Gasteiger partial charge >= 0.3 is 0 Å². The Morgan fingerprint density at radius 3 is 2.82 bits per heavy atom. The van der Waals surface area contributed by atoms with Crippen LogP contribution in [-0.4, -0.2) is 30.4 Å². The van der Waals surface area contributed by atoms with Crippen molar-refractivity contribution in [2.45, 2.75) is 37.8 Å². The van der Waals surface area contributed by atoms with Gasteiger partial charge in [0.1, 0.15) is 11.9 Å². The van der Waals surface area contributed by atoms with Crippen LogP contribution in [0.5, 0.6) is 5.75 Å². The van der Waals surface area contributed by atoms with Crippen LogP contribution in [0.25, 0.3) is 0 Å². The summed E-state index contributed by atoms with van der Waals surface area (Å²) in [5.74, 6) is 0.961. The van der Waals surface area contributed by atoms with E-state index in [0.717, 1.165) is 25.0 Å². The molecule has 2 rings (SSSR count). The molecule has 3 nitrogen and oxygen atoms in total. The molecule has 1 fully saturated rings. The van der Waals surface area contributed by atoms with Crippen LogP contribution in [0.3, 0.4) is 0 Å². The maximum absolute atomic E-state index is 9.44. The highest BCUT2D eigenvalue weighted by atomic mass is 16.5. The Balaban J connectivity index is 2.01. The molecule has 1 aliphatic rings. The molecule has 1 aromatic carbocycles. The third kappa shape index (κ3) is 2.61. The van der Waals surface area contributed by atoms with Crippen molar-refractivity contribution in [1.82, 2.24) is 5.32 Å². The molecule has 0 aromatic heterocycles. The quantitative estimate of drug-likeness (QED) is 0.837. The zero-order valence-electron chi connectivity index (χ0n) is 10.6. The second-order valence-electron chi connectivity index (χ2n) is 4.94. The normalized spacial score (nSPS) is 28.3. The predicted octanol–water partition coefficient (Wildman–Crippen LogP) is 1.88. The van der Waals surface area contributed by atoms with E-state index >= 15 is 0 Å². The largest absolute Gasteiger partial charge is 0.490 e. The van der Waals surface area contributed by atoms with Gasteiger partial charge in [-0.05, 0) is 38.4 Å². The molecule has 3 heteroatoms. The van der Waals surface area contributed by atoms with E-state index in [9.17, 15) is 5.11 Å². The summed E-state index contributed by atoms with van der Waals surface area (Å²) in [6.07, 6.45) is 3.04. The number of ether oxygens (including phenoxy) is 1. The molecule has 0 radical (unpaired) electrons. The van der Waals surface area contributed by atoms with Gasteiger partial charge in [-0.2, -0.15) is 0 Å². The first-order valence-corrected chi connectivity index (χ1v) is 6.21. The van der Waals surface area contributed by atoms with Gasteiger partial charge in [0.2, 0.25) is 0 Å². The third-order valence-corrected chi connectivity index (χ3v) is 3.78. The van der Waals surface area contributed by atoms with E-state index in [4.69, 9.17) is 4.74 Å². The molecular formula is C14H21NO2. The lowest BCUT2D eigenvalue weighted by Crippen LogP contribution is -2.44. The highest BCUT2D eigenvalue weighted by Gasteiger charge is 2.38. The van der Waals surface area contributed by atoms with Gasteiger partial charge in [-0.1, -0.05) is 18.2 Å². The van der Waals surface area contributed by atoms with Crippen LogP contribution in [-0.2, 0) is 0 Å². The van der Waals surface area contributed by atoms with Gasteiger partial charge in [-0.25, -0.2) is 0 Å². The number of para-hydroxylation sites is 1. The van der Waals surface area contributed by atoms with Gasteiger partial charge in [0, 0.05) is 12.0 Å². The van der Waals surface area contributed by atoms with E-state index in [2.05, 4.69) is 18.3 Å². The lowest BCUT2D eigenvalue weighted by atomic mass is 9.99. The number of hydrogen-bond donors (Lipinski definition) is 2. The van der Waals surface area contributed by atoms with Crippen LogP contribution >= 0.6 is 0 Å². The summed E-state index contributed by atoms with van der Waals surface area (Å²) in [5, 5.41) is 12.7. The molecular weight excluding hydrogens is 214 g/mol. The fourth-order valence-corrected chi connectivity index (χ4v) is 2.50. The topological polar surface area (TPSA) is 41.5 Å². The highest BCUT2D eigenvalue weighted by Crippen LogP contribution is 2.33. The van der Waals surface area contributed by atoms with E-state index in [1.54, 1.807) is 0 Å². The molecule has 0 bridgehead atoms. The Labute approximate surface area is 103 Å². The summed E-state index contributed by atoms with van der Waals surface area (Å²) in [7, 11) is 1.91. The maximum atomic E-state index is 9.44. The highest BCUT2D eigenvalue weighted by molar-refractivity contribution is 5.32. The summed E-state index contributed by atoms with van der Waals surface area (Å²) in [4.78, 5) is 0. The zero-order chi connectivity index (χ0) is 12.3. The molecule has 2 unspecified atom stereocenters. The monoisotopic (exact) mass is 235 g/mol. The van der Waals surface area contributed by atoms with Gasteiger partial charge in [0.15, 0.2) is 0 Å². The fourth-order valence-electron chi connectivity index (χ4n) is 2.50. The molecule has 1 aliphatic carbocycles. The third-order valence-electron chi connectivity index (χ3n) is 3.78. The summed E-state index contributed by atoms with van der Waals surface area (Å²) >= 11 is 0. The molecule has 0 heterocycles. The van der Waals surface area contributed by atoms with E-state index in [1.165, 1.54) is 5.56 Å². The van der Waals surface area contributed by atoms with Crippen LogP contribution in [0, 0.1) is 6.92 Å². The first-order valence-electron chi connectivity index (χ1n) is 6.21. The van der Waals surface area contributed by atoms with Gasteiger partial charge in [-0.3, -0.25) is 0 Å². The molecule has 2 N–H and O–H groups in total. The summed E-state index contributed by atoms with van der Waals surface area (Å²) in [6.45, 7) is 2.23. The first-order chi connectivity index (χ1) is 8.19. The van der Waals surface area contributed by atoms with E-state index < -0.39 is 0 Å². The van der Waals surface area contributed by atoms with Gasteiger partial charge in [0.25, 0.3) is 0 Å². The van der Waals surface area contributed by atoms with E-state index in [-0.39, 0.29) is 18.2 Å². The lowest BCUT2D eigenvalue weighted by Gasteiger charge is -2.26. The molecule has 1 saturated carbocycles. The SMILES string of the molecule is CNC1(CO)CCC(Oc2ccccc2C)C1. The molecule has 2 atom stereocenters. The van der Waals surface area contributed by atoms with Crippen molar-refractivity contribution in [2.75, 3.05) is 13.7 Å². The van der Waals surface area contributed by atoms with E-state index in [1.807, 2.05) is 25.2 Å². The molecule has 17 heavy (non-hydrogen) atoms. The number of nitrogens with one attached hydrogen (secondary N) is 1. The Morgan fingerprint density at radius 2 is 2.24 bits per heavy atom. The number of hydrogen-bond acceptors (Lipinski definition) is 3. The van der Waals surface area contributed by atoms with Crippen LogP contribution in [0.2, 0.25) is 0 Å². The standard InChI is InChI=1S/C14H21NO2/c1-11-5-3-4-6-13(11)17-12-7-8-14(9-12,10-16)15-2/h3-6,12,15-16H,7-10H2,1-2H3. The number of likely N-dealkylation sites (N-methyl/N-ethyl adjacent to an activating group) is 1. The van der Waals surface area contributed by atoms with Gasteiger partial charge in [0.05, 0.1) is 6.61 Å². The second kappa shape index (κ2) is 5.07. The number of aryl methyl sites for hydroxylation is 1. The second-order valence-corrected chi connectivity index (χ2v) is 4.94. The van der Waals surface area contributed by atoms with Gasteiger partial charge in [-0.15, -0.1) is 0 Å². The Hall–Kier alpha value is -1.06. The van der Waals surface area contributed by atoms with Crippen LogP contribution in [0.1, 0.15) is 24.8 Å².